The van der Waals surface area contributed by atoms with Crippen LogP contribution in [-0.4, -0.2) is 27.0 Å². The van der Waals surface area contributed by atoms with E-state index in [1.165, 1.54) is 0 Å². The Morgan fingerprint density at radius 2 is 1.67 bits per heavy atom. The summed E-state index contributed by atoms with van der Waals surface area (Å²) >= 11 is 1.59. The van der Waals surface area contributed by atoms with Gasteiger partial charge < -0.3 is 4.57 Å². The van der Waals surface area contributed by atoms with Crippen molar-refractivity contribution < 1.29 is 4.79 Å². The first-order valence-corrected chi connectivity index (χ1v) is 12.7. The van der Waals surface area contributed by atoms with E-state index in [2.05, 4.69) is 48.3 Å². The van der Waals surface area contributed by atoms with Crippen molar-refractivity contribution in [2.75, 3.05) is 11.4 Å². The second-order valence-electron chi connectivity index (χ2n) is 8.70. The lowest BCUT2D eigenvalue weighted by atomic mass is 9.88. The lowest BCUT2D eigenvalue weighted by Gasteiger charge is -2.24. The molecular weight excluding hydrogens is 488 g/mol. The predicted octanol–water partition coefficient (Wildman–Crippen LogP) is 6.87. The summed E-state index contributed by atoms with van der Waals surface area (Å²) in [6.45, 7) is 3.47. The van der Waals surface area contributed by atoms with Gasteiger partial charge in [-0.1, -0.05) is 84.1 Å². The third-order valence-corrected chi connectivity index (χ3v) is 7.32. The number of imidazole rings is 1. The lowest BCUT2D eigenvalue weighted by molar-refractivity contribution is -0.118. The highest BCUT2D eigenvalue weighted by Crippen LogP contribution is 2.33. The first-order chi connectivity index (χ1) is 17.2. The summed E-state index contributed by atoms with van der Waals surface area (Å²) < 4.78 is 3.15. The fraction of sp³-hybridized carbons (Fsp3) is 0.207. The van der Waals surface area contributed by atoms with Crippen molar-refractivity contribution in [3.05, 3.63) is 114 Å². The predicted molar refractivity (Wildman–Crippen MR) is 150 cm³/mol. The number of nitrogens with zero attached hydrogens (tertiary/aromatic N) is 4. The van der Waals surface area contributed by atoms with Crippen LogP contribution in [0.4, 0.5) is 5.13 Å². The molecule has 0 aliphatic rings. The van der Waals surface area contributed by atoms with Crippen molar-refractivity contribution in [2.24, 2.45) is 0 Å². The fourth-order valence-electron chi connectivity index (χ4n) is 4.43. The Morgan fingerprint density at radius 1 is 0.972 bits per heavy atom. The molecule has 3 aromatic carbocycles. The summed E-state index contributed by atoms with van der Waals surface area (Å²) in [6.07, 6.45) is 6.75. The third kappa shape index (κ3) is 5.83. The normalized spacial score (nSPS) is 10.9. The van der Waals surface area contributed by atoms with Gasteiger partial charge in [0.15, 0.2) is 5.13 Å². The number of thiazole rings is 1. The molecule has 1 amide bonds. The van der Waals surface area contributed by atoms with Gasteiger partial charge in [0, 0.05) is 37.8 Å². The Bertz CT molecular complexity index is 1350. The Morgan fingerprint density at radius 3 is 2.28 bits per heavy atom. The second kappa shape index (κ2) is 12.0. The van der Waals surface area contributed by atoms with Gasteiger partial charge in [0.1, 0.15) is 0 Å². The van der Waals surface area contributed by atoms with Crippen LogP contribution in [0.3, 0.4) is 0 Å². The summed E-state index contributed by atoms with van der Waals surface area (Å²) in [7, 11) is 0. The number of carbonyl (C=O) groups excluding carboxylic acids is 1. The van der Waals surface area contributed by atoms with E-state index in [1.807, 2.05) is 64.5 Å². The van der Waals surface area contributed by atoms with E-state index < -0.39 is 0 Å². The van der Waals surface area contributed by atoms with Crippen molar-refractivity contribution in [1.82, 2.24) is 14.5 Å². The first-order valence-electron chi connectivity index (χ1n) is 11.9. The summed E-state index contributed by atoms with van der Waals surface area (Å²) in [4.78, 5) is 24.9. The van der Waals surface area contributed by atoms with Crippen molar-refractivity contribution in [3.63, 3.8) is 0 Å². The number of para-hydroxylation sites is 1. The van der Waals surface area contributed by atoms with Crippen LogP contribution < -0.4 is 4.90 Å². The maximum absolute atomic E-state index is 13.9. The van der Waals surface area contributed by atoms with Gasteiger partial charge >= 0.3 is 0 Å². The number of carbonyl (C=O) groups is 1. The molecule has 36 heavy (non-hydrogen) atoms. The van der Waals surface area contributed by atoms with Gasteiger partial charge in [-0.15, -0.1) is 12.4 Å². The molecule has 5 rings (SSSR count). The molecule has 0 atom stereocenters. The summed E-state index contributed by atoms with van der Waals surface area (Å²) in [5.41, 5.74) is 4.39. The van der Waals surface area contributed by atoms with Crippen LogP contribution in [0.15, 0.2) is 97.6 Å². The summed E-state index contributed by atoms with van der Waals surface area (Å²) in [6, 6.07) is 26.8. The van der Waals surface area contributed by atoms with Crippen LogP contribution in [0.25, 0.3) is 10.2 Å². The van der Waals surface area contributed by atoms with Crippen molar-refractivity contribution in [1.29, 1.82) is 0 Å². The van der Waals surface area contributed by atoms with Crippen LogP contribution in [0.2, 0.25) is 0 Å². The molecule has 0 unspecified atom stereocenters. The van der Waals surface area contributed by atoms with E-state index in [0.29, 0.717) is 13.0 Å². The minimum absolute atomic E-state index is 0. The lowest BCUT2D eigenvalue weighted by Crippen LogP contribution is -2.33. The largest absolute Gasteiger partial charge is 0.337 e. The van der Waals surface area contributed by atoms with Gasteiger partial charge in [-0.05, 0) is 36.1 Å². The molecule has 0 spiro atoms. The number of aromatic nitrogens is 3. The average molecular weight is 517 g/mol. The number of aryl methyl sites for hydroxylation is 2. The second-order valence-corrected chi connectivity index (χ2v) is 9.70. The molecule has 2 heterocycles. The highest BCUT2D eigenvalue weighted by Gasteiger charge is 2.25. The Kier molecular flexibility index (Phi) is 8.52. The molecule has 0 fully saturated rings. The molecule has 0 aliphatic carbocycles. The van der Waals surface area contributed by atoms with Crippen LogP contribution in [0.1, 0.15) is 35.4 Å². The molecule has 0 N–H and O–H groups in total. The van der Waals surface area contributed by atoms with Crippen LogP contribution in [-0.2, 0) is 11.3 Å². The van der Waals surface area contributed by atoms with Crippen molar-refractivity contribution in [2.45, 2.75) is 32.2 Å². The van der Waals surface area contributed by atoms with E-state index >= 15 is 0 Å². The molecule has 5 nitrogen and oxygen atoms in total. The fourth-order valence-corrected chi connectivity index (χ4v) is 5.52. The highest BCUT2D eigenvalue weighted by molar-refractivity contribution is 7.22. The minimum Gasteiger partial charge on any atom is -0.337 e. The van der Waals surface area contributed by atoms with Crippen molar-refractivity contribution >= 4 is 45.0 Å². The van der Waals surface area contributed by atoms with E-state index in [9.17, 15) is 4.79 Å². The number of benzene rings is 3. The number of rotatable bonds is 9. The molecule has 0 aliphatic heterocycles. The van der Waals surface area contributed by atoms with E-state index in [4.69, 9.17) is 4.98 Å². The minimum atomic E-state index is -0.0165. The number of hydrogen-bond acceptors (Lipinski definition) is 4. The molecule has 0 saturated carbocycles. The molecule has 2 aromatic heterocycles. The topological polar surface area (TPSA) is 51.0 Å². The van der Waals surface area contributed by atoms with Crippen LogP contribution in [0.5, 0.6) is 0 Å². The van der Waals surface area contributed by atoms with Crippen molar-refractivity contribution in [3.8, 4) is 0 Å². The van der Waals surface area contributed by atoms with Gasteiger partial charge in [-0.3, -0.25) is 9.69 Å². The molecule has 5 aromatic rings. The zero-order valence-electron chi connectivity index (χ0n) is 20.2. The Labute approximate surface area is 221 Å². The molecule has 0 radical (unpaired) electrons. The number of hydrogen-bond donors (Lipinski definition) is 0. The average Bonchev–Trinajstić information content (AvgIpc) is 3.57. The van der Waals surface area contributed by atoms with E-state index in [0.717, 1.165) is 45.0 Å². The van der Waals surface area contributed by atoms with Gasteiger partial charge in [-0.25, -0.2) is 9.97 Å². The zero-order valence-corrected chi connectivity index (χ0v) is 21.8. The standard InChI is InChI=1S/C29H28N4OS.ClH/c1-22-10-8-15-26-28(22)31-29(35-26)33(18-9-17-32-19-16-30-21-32)27(34)20-25(23-11-4-2-5-12-23)24-13-6-3-7-14-24;/h2-8,10-16,19,21,25H,9,17-18,20H2,1H3;1H. The van der Waals surface area contributed by atoms with Gasteiger partial charge in [0.25, 0.3) is 0 Å². The van der Waals surface area contributed by atoms with Crippen LogP contribution in [0, 0.1) is 6.92 Å². The van der Waals surface area contributed by atoms with Gasteiger partial charge in [0.05, 0.1) is 16.5 Å². The first kappa shape index (κ1) is 25.6. The van der Waals surface area contributed by atoms with Crippen LogP contribution >= 0.6 is 23.7 Å². The van der Waals surface area contributed by atoms with E-state index in [-0.39, 0.29) is 24.2 Å². The number of halogens is 1. The Hall–Kier alpha value is -3.48. The maximum Gasteiger partial charge on any atom is 0.229 e. The van der Waals surface area contributed by atoms with Gasteiger partial charge in [0.2, 0.25) is 5.91 Å². The summed E-state index contributed by atoms with van der Waals surface area (Å²) in [5, 5.41) is 0.768. The molecule has 0 bridgehead atoms. The smallest absolute Gasteiger partial charge is 0.229 e. The van der Waals surface area contributed by atoms with E-state index in [1.54, 1.807) is 17.5 Å². The number of amides is 1. The van der Waals surface area contributed by atoms with Gasteiger partial charge in [-0.2, -0.15) is 0 Å². The quantitative estimate of drug-likeness (QED) is 0.215. The number of fused-ring (bicyclic) bond motifs is 1. The zero-order chi connectivity index (χ0) is 24.0. The molecule has 0 saturated heterocycles. The third-order valence-electron chi connectivity index (χ3n) is 6.28. The Balaban J connectivity index is 0.00000304. The maximum atomic E-state index is 13.9. The highest BCUT2D eigenvalue weighted by atomic mass is 35.5. The summed E-state index contributed by atoms with van der Waals surface area (Å²) in [5.74, 6) is 0.0715. The molecule has 184 valence electrons. The monoisotopic (exact) mass is 516 g/mol. The molecular formula is C29H29ClN4OS. The number of anilines is 1. The molecule has 7 heteroatoms. The SMILES string of the molecule is Cc1cccc2sc(N(CCCn3ccnc3)C(=O)CC(c3ccccc3)c3ccccc3)nc12.Cl.